The van der Waals surface area contributed by atoms with Gasteiger partial charge < -0.3 is 39.8 Å². The number of ketones is 2. The number of carbonyl (C=O) groups excluding carboxylic acids is 4. The fourth-order valence-corrected chi connectivity index (χ4v) is 6.74. The maximum Gasteiger partial charge on any atom is 0.408 e. The molecular formula is C29H47FN2O10. The molecule has 3 rings (SSSR count). The van der Waals surface area contributed by atoms with Crippen molar-refractivity contribution in [3.8, 4) is 0 Å². The van der Waals surface area contributed by atoms with Gasteiger partial charge in [0, 0.05) is 30.9 Å². The molecule has 4 N–H and O–H groups in total. The Morgan fingerprint density at radius 3 is 2.29 bits per heavy atom. The molecule has 0 aromatic rings. The van der Waals surface area contributed by atoms with Gasteiger partial charge in [-0.25, -0.2) is 14.0 Å². The van der Waals surface area contributed by atoms with Crippen molar-refractivity contribution < 1.29 is 52.4 Å². The lowest BCUT2D eigenvalue weighted by atomic mass is 9.73. The van der Waals surface area contributed by atoms with E-state index in [0.717, 1.165) is 6.92 Å². The molecule has 2 unspecified atom stereocenters. The zero-order valence-corrected chi connectivity index (χ0v) is 26.0. The first kappa shape index (κ1) is 34.3. The number of hydrogen-bond donors (Lipinski definition) is 3. The number of amides is 1. The Morgan fingerprint density at radius 1 is 1.10 bits per heavy atom. The Balaban J connectivity index is 2.13. The second kappa shape index (κ2) is 12.4. The van der Waals surface area contributed by atoms with Crippen molar-refractivity contribution in [1.82, 2.24) is 5.32 Å². The van der Waals surface area contributed by atoms with Gasteiger partial charge in [0.15, 0.2) is 17.7 Å². The number of rotatable bonds is 4. The van der Waals surface area contributed by atoms with Gasteiger partial charge in [-0.15, -0.1) is 0 Å². The van der Waals surface area contributed by atoms with Crippen molar-refractivity contribution in [3.05, 3.63) is 0 Å². The summed E-state index contributed by atoms with van der Waals surface area (Å²) < 4.78 is 45.2. The van der Waals surface area contributed by atoms with Gasteiger partial charge in [-0.1, -0.05) is 27.7 Å². The van der Waals surface area contributed by atoms with Crippen LogP contribution >= 0.6 is 0 Å². The average Bonchev–Trinajstić information content (AvgIpc) is 3.24. The number of ether oxygens (including phenoxy) is 5. The molecule has 0 saturated carbocycles. The monoisotopic (exact) mass is 602 g/mol. The molecule has 13 atom stereocenters. The molecule has 12 nitrogen and oxygen atoms in total. The second-order valence-electron chi connectivity index (χ2n) is 12.7. The van der Waals surface area contributed by atoms with Crippen LogP contribution in [0.1, 0.15) is 74.7 Å². The largest absolute Gasteiger partial charge is 0.455 e. The number of hydrogen-bond acceptors (Lipinski definition) is 11. The molecule has 3 saturated heterocycles. The summed E-state index contributed by atoms with van der Waals surface area (Å²) in [5, 5.41) is 13.4. The first-order chi connectivity index (χ1) is 19.3. The van der Waals surface area contributed by atoms with Crippen molar-refractivity contribution in [2.24, 2.45) is 23.5 Å². The molecule has 0 aromatic carbocycles. The Labute approximate surface area is 246 Å². The normalized spacial score (nSPS) is 47.6. The molecule has 0 bridgehead atoms. The predicted octanol–water partition coefficient (Wildman–Crippen LogP) is 1.97. The average molecular weight is 603 g/mol. The molecule has 3 aliphatic rings. The molecule has 3 fully saturated rings. The van der Waals surface area contributed by atoms with Crippen LogP contribution in [0.3, 0.4) is 0 Å². The Hall–Kier alpha value is -2.19. The summed E-state index contributed by atoms with van der Waals surface area (Å²) in [4.78, 5) is 53.3. The molecule has 3 aliphatic heterocycles. The maximum absolute atomic E-state index is 16.3. The number of fused-ring (bicyclic) bond motifs is 1. The van der Waals surface area contributed by atoms with E-state index < -0.39 is 95.3 Å². The number of Topliss-reactive ketones (excluding diaryl/α,β-unsaturated/α-hetero) is 2. The van der Waals surface area contributed by atoms with Gasteiger partial charge in [0.2, 0.25) is 0 Å². The molecular weight excluding hydrogens is 555 g/mol. The Morgan fingerprint density at radius 2 is 1.71 bits per heavy atom. The summed E-state index contributed by atoms with van der Waals surface area (Å²) in [6.45, 7) is 12.0. The van der Waals surface area contributed by atoms with E-state index in [2.05, 4.69) is 5.32 Å². The lowest BCUT2D eigenvalue weighted by Crippen LogP contribution is -2.61. The lowest BCUT2D eigenvalue weighted by Gasteiger charge is -2.46. The van der Waals surface area contributed by atoms with Crippen molar-refractivity contribution in [2.75, 3.05) is 7.11 Å². The molecule has 3 heterocycles. The van der Waals surface area contributed by atoms with Crippen molar-refractivity contribution in [2.45, 2.75) is 134 Å². The number of carbonyl (C=O) groups is 4. The van der Waals surface area contributed by atoms with Crippen LogP contribution in [0.15, 0.2) is 0 Å². The molecule has 0 spiro atoms. The van der Waals surface area contributed by atoms with E-state index in [9.17, 15) is 24.3 Å². The molecule has 0 radical (unpaired) electrons. The number of nitrogens with one attached hydrogen (secondary N) is 1. The maximum atomic E-state index is 16.3. The zero-order chi connectivity index (χ0) is 31.9. The number of halogens is 1. The first-order valence-corrected chi connectivity index (χ1v) is 14.6. The second-order valence-corrected chi connectivity index (χ2v) is 12.7. The van der Waals surface area contributed by atoms with Gasteiger partial charge in [0.1, 0.15) is 18.0 Å². The van der Waals surface area contributed by atoms with Gasteiger partial charge in [-0.2, -0.15) is 0 Å². The van der Waals surface area contributed by atoms with Crippen LogP contribution in [0, 0.1) is 17.8 Å². The van der Waals surface area contributed by atoms with Crippen molar-refractivity contribution in [3.63, 3.8) is 0 Å². The van der Waals surface area contributed by atoms with Gasteiger partial charge in [-0.3, -0.25) is 9.59 Å². The minimum atomic E-state index is -3.14. The molecule has 42 heavy (non-hydrogen) atoms. The highest BCUT2D eigenvalue weighted by Gasteiger charge is 2.59. The molecule has 1 amide bonds. The third-order valence-corrected chi connectivity index (χ3v) is 9.36. The van der Waals surface area contributed by atoms with Crippen LogP contribution in [-0.4, -0.2) is 95.5 Å². The number of aliphatic hydroxyl groups excluding tert-OH is 1. The molecule has 0 aromatic heterocycles. The van der Waals surface area contributed by atoms with E-state index in [-0.39, 0.29) is 18.6 Å². The van der Waals surface area contributed by atoms with Crippen molar-refractivity contribution >= 4 is 23.6 Å². The summed E-state index contributed by atoms with van der Waals surface area (Å²) in [6.07, 6.45) is -5.78. The summed E-state index contributed by atoms with van der Waals surface area (Å²) in [6, 6.07) is -1.61. The van der Waals surface area contributed by atoms with Gasteiger partial charge >= 0.3 is 12.1 Å². The molecule has 240 valence electrons. The summed E-state index contributed by atoms with van der Waals surface area (Å²) in [5.41, 5.74) is 0.00209. The van der Waals surface area contributed by atoms with E-state index in [1.165, 1.54) is 21.0 Å². The highest BCUT2D eigenvalue weighted by atomic mass is 19.1. The highest BCUT2D eigenvalue weighted by Crippen LogP contribution is 2.40. The van der Waals surface area contributed by atoms with Crippen molar-refractivity contribution in [1.29, 1.82) is 0 Å². The lowest BCUT2D eigenvalue weighted by molar-refractivity contribution is -0.288. The number of aliphatic hydroxyl groups is 1. The van der Waals surface area contributed by atoms with Gasteiger partial charge in [-0.05, 0) is 47.0 Å². The minimum Gasteiger partial charge on any atom is -0.455 e. The van der Waals surface area contributed by atoms with E-state index in [4.69, 9.17) is 29.4 Å². The third-order valence-electron chi connectivity index (χ3n) is 9.36. The number of alkyl halides is 1. The summed E-state index contributed by atoms with van der Waals surface area (Å²) >= 11 is 0. The van der Waals surface area contributed by atoms with Crippen LogP contribution in [0.4, 0.5) is 9.18 Å². The van der Waals surface area contributed by atoms with Gasteiger partial charge in [0.25, 0.3) is 5.67 Å². The Bertz CT molecular complexity index is 1060. The van der Waals surface area contributed by atoms with E-state index >= 15 is 4.39 Å². The first-order valence-electron chi connectivity index (χ1n) is 14.6. The van der Waals surface area contributed by atoms with E-state index in [0.29, 0.717) is 6.42 Å². The highest BCUT2D eigenvalue weighted by molar-refractivity contribution is 6.07. The number of cyclic esters (lactones) is 1. The van der Waals surface area contributed by atoms with Crippen LogP contribution in [-0.2, 0) is 38.1 Å². The topological polar surface area (TPSA) is 173 Å². The van der Waals surface area contributed by atoms with Gasteiger partial charge in [0.05, 0.1) is 23.9 Å². The quantitative estimate of drug-likeness (QED) is 0.317. The van der Waals surface area contributed by atoms with Crippen LogP contribution < -0.4 is 11.1 Å². The van der Waals surface area contributed by atoms with Crippen LogP contribution in [0.5, 0.6) is 0 Å². The Kier molecular flexibility index (Phi) is 10.2. The standard InChI is InChI=1S/C29H47FN2O10/c1-10-18-29(8)21(32-26(37)42-29)15(4)19(33)13(2)12-27(6,38-9)23(16(5)22(35)28(7,30)25(36)40-18)41-24-20(34)17(31)11-14(3)39-24/h13-18,20-21,23-24,34H,10-12,31H2,1-9H3,(H,32,37)/t13-,14-,15+,16+,17?,18-,20?,21-,23-,24+,27-,28+,29-/m1/s1. The number of nitrogens with two attached hydrogens (primary N) is 1. The predicted molar refractivity (Wildman–Crippen MR) is 147 cm³/mol. The number of esters is 1. The van der Waals surface area contributed by atoms with E-state index in [1.807, 2.05) is 0 Å². The zero-order valence-electron chi connectivity index (χ0n) is 26.0. The fourth-order valence-electron chi connectivity index (χ4n) is 6.74. The molecule has 0 aliphatic carbocycles. The molecule has 13 heteroatoms. The third kappa shape index (κ3) is 6.21. The number of alkyl carbamates (subject to hydrolysis) is 1. The fraction of sp³-hybridized carbons (Fsp3) is 0.862. The number of methoxy groups -OCH3 is 1. The van der Waals surface area contributed by atoms with E-state index in [1.54, 1.807) is 34.6 Å². The SMILES string of the molecule is CC[C@H]1OC(=O)[C@@](C)(F)C(=O)[C@H](C)[C@@H](O[C@@H]2O[C@H](C)CC(N)C2O)[C@](C)(OC)C[C@@H](C)C(=O)[C@H](C)[C@H]2NC(=O)O[C@@]21C. The van der Waals surface area contributed by atoms with Crippen LogP contribution in [0.2, 0.25) is 0 Å². The smallest absolute Gasteiger partial charge is 0.408 e. The summed E-state index contributed by atoms with van der Waals surface area (Å²) in [7, 11) is 1.36. The summed E-state index contributed by atoms with van der Waals surface area (Å²) in [5.74, 6) is -5.76. The minimum absolute atomic E-state index is 0.00225. The van der Waals surface area contributed by atoms with Crippen LogP contribution in [0.25, 0.3) is 0 Å².